The van der Waals surface area contributed by atoms with E-state index in [4.69, 9.17) is 16.0 Å². The summed E-state index contributed by atoms with van der Waals surface area (Å²) in [6.07, 6.45) is 3.38. The van der Waals surface area contributed by atoms with Crippen molar-refractivity contribution in [3.63, 3.8) is 0 Å². The highest BCUT2D eigenvalue weighted by atomic mass is 79.9. The highest BCUT2D eigenvalue weighted by Gasteiger charge is 2.42. The minimum atomic E-state index is -0.606. The van der Waals surface area contributed by atoms with Crippen LogP contribution in [0, 0.1) is 0 Å². The fourth-order valence-corrected chi connectivity index (χ4v) is 4.43. The molecule has 5 rings (SSSR count). The molecule has 30 heavy (non-hydrogen) atoms. The molecular weight excluding hydrogens is 468 g/mol. The van der Waals surface area contributed by atoms with Gasteiger partial charge >= 0.3 is 0 Å². The van der Waals surface area contributed by atoms with E-state index in [1.807, 2.05) is 24.3 Å². The summed E-state index contributed by atoms with van der Waals surface area (Å²) in [5.41, 5.74) is 2.09. The number of carbonyl (C=O) groups excluding carboxylic acids is 1. The Hall–Kier alpha value is -2.96. The quantitative estimate of drug-likeness (QED) is 0.396. The van der Waals surface area contributed by atoms with Crippen LogP contribution in [-0.2, 0) is 6.54 Å². The zero-order valence-corrected chi connectivity index (χ0v) is 17.9. The number of nitrogens with zero attached hydrogens (tertiary/aromatic N) is 2. The fraction of sp³-hybridized carbons (Fsp3) is 0.0870. The summed E-state index contributed by atoms with van der Waals surface area (Å²) in [5.74, 6) is -0.260. The fourth-order valence-electron chi connectivity index (χ4n) is 3.87. The van der Waals surface area contributed by atoms with Crippen LogP contribution >= 0.6 is 27.5 Å². The smallest absolute Gasteiger partial charge is 0.291 e. The molecule has 2 aromatic heterocycles. The molecule has 1 aliphatic rings. The normalized spacial score (nSPS) is 15.6. The Morgan fingerprint density at radius 1 is 1.10 bits per heavy atom. The Morgan fingerprint density at radius 2 is 1.97 bits per heavy atom. The van der Waals surface area contributed by atoms with Crippen molar-refractivity contribution >= 4 is 44.4 Å². The number of aromatic nitrogens is 1. The lowest BCUT2D eigenvalue weighted by Gasteiger charge is -2.25. The predicted molar refractivity (Wildman–Crippen MR) is 118 cm³/mol. The van der Waals surface area contributed by atoms with Crippen LogP contribution in [-0.4, -0.2) is 15.8 Å². The monoisotopic (exact) mass is 480 g/mol. The van der Waals surface area contributed by atoms with Gasteiger partial charge in [0.05, 0.1) is 17.0 Å². The van der Waals surface area contributed by atoms with Gasteiger partial charge in [-0.25, -0.2) is 0 Å². The second-order valence-corrected chi connectivity index (χ2v) is 8.42. The van der Waals surface area contributed by atoms with Crippen LogP contribution in [0.3, 0.4) is 0 Å². The van der Waals surface area contributed by atoms with Crippen molar-refractivity contribution in [1.82, 2.24) is 9.88 Å². The number of benzene rings is 2. The Morgan fingerprint density at radius 3 is 2.73 bits per heavy atom. The summed E-state index contributed by atoms with van der Waals surface area (Å²) < 4.78 is 6.70. The lowest BCUT2D eigenvalue weighted by atomic mass is 9.98. The molecular formula is C23H14BrClN2O3. The van der Waals surface area contributed by atoms with E-state index in [0.29, 0.717) is 21.6 Å². The molecule has 0 aliphatic carbocycles. The van der Waals surface area contributed by atoms with E-state index < -0.39 is 6.04 Å². The molecule has 2 aromatic carbocycles. The van der Waals surface area contributed by atoms with Gasteiger partial charge in [-0.2, -0.15) is 0 Å². The Kier molecular flexibility index (Phi) is 4.68. The molecule has 0 radical (unpaired) electrons. The Bertz CT molecular complexity index is 1350. The first-order valence-electron chi connectivity index (χ1n) is 9.24. The first-order valence-corrected chi connectivity index (χ1v) is 10.4. The van der Waals surface area contributed by atoms with E-state index in [0.717, 1.165) is 15.6 Å². The maximum absolute atomic E-state index is 13.5. The maximum atomic E-state index is 13.5. The van der Waals surface area contributed by atoms with Gasteiger partial charge in [0.2, 0.25) is 5.76 Å². The van der Waals surface area contributed by atoms with Gasteiger partial charge in [0.1, 0.15) is 5.58 Å². The van der Waals surface area contributed by atoms with Crippen molar-refractivity contribution in [1.29, 1.82) is 0 Å². The molecule has 1 amide bonds. The van der Waals surface area contributed by atoms with Crippen LogP contribution in [0.4, 0.5) is 0 Å². The third-order valence-corrected chi connectivity index (χ3v) is 5.90. The topological polar surface area (TPSA) is 63.4 Å². The van der Waals surface area contributed by atoms with E-state index in [9.17, 15) is 9.59 Å². The molecule has 1 atom stereocenters. The molecule has 1 unspecified atom stereocenters. The summed E-state index contributed by atoms with van der Waals surface area (Å²) >= 11 is 9.63. The second-order valence-electron chi connectivity index (χ2n) is 7.07. The Balaban J connectivity index is 1.75. The molecule has 1 aliphatic heterocycles. The first-order chi connectivity index (χ1) is 14.5. The molecule has 7 heteroatoms. The van der Waals surface area contributed by atoms with Crippen molar-refractivity contribution in [2.24, 2.45) is 0 Å². The SMILES string of the molecule is O=C1c2oc3ccc(Br)cc3c(=O)c2C(c2cccc(Cl)c2)N1Cc1cccnc1. The summed E-state index contributed by atoms with van der Waals surface area (Å²) in [6, 6.07) is 15.5. The van der Waals surface area contributed by atoms with Gasteiger partial charge in [-0.15, -0.1) is 0 Å². The number of carbonyl (C=O) groups is 1. The minimum Gasteiger partial charge on any atom is -0.450 e. The van der Waals surface area contributed by atoms with Crippen molar-refractivity contribution in [3.8, 4) is 0 Å². The summed E-state index contributed by atoms with van der Waals surface area (Å²) in [7, 11) is 0. The third kappa shape index (κ3) is 3.13. The molecule has 4 aromatic rings. The third-order valence-electron chi connectivity index (χ3n) is 5.17. The predicted octanol–water partition coefficient (Wildman–Crippen LogP) is 5.35. The molecule has 148 valence electrons. The van der Waals surface area contributed by atoms with Gasteiger partial charge in [0.15, 0.2) is 5.43 Å². The van der Waals surface area contributed by atoms with Crippen LogP contribution < -0.4 is 5.43 Å². The molecule has 0 fully saturated rings. The zero-order valence-electron chi connectivity index (χ0n) is 15.5. The lowest BCUT2D eigenvalue weighted by Crippen LogP contribution is -2.29. The van der Waals surface area contributed by atoms with Crippen LogP contribution in [0.1, 0.15) is 33.3 Å². The number of pyridine rings is 1. The van der Waals surface area contributed by atoms with E-state index >= 15 is 0 Å². The van der Waals surface area contributed by atoms with E-state index in [1.165, 1.54) is 0 Å². The zero-order chi connectivity index (χ0) is 20.8. The number of hydrogen-bond acceptors (Lipinski definition) is 4. The number of fused-ring (bicyclic) bond motifs is 2. The van der Waals surface area contributed by atoms with E-state index in [2.05, 4.69) is 20.9 Å². The number of hydrogen-bond donors (Lipinski definition) is 0. The second kappa shape index (κ2) is 7.38. The van der Waals surface area contributed by atoms with Crippen molar-refractivity contribution in [2.45, 2.75) is 12.6 Å². The number of rotatable bonds is 3. The summed E-state index contributed by atoms with van der Waals surface area (Å²) in [6.45, 7) is 0.285. The lowest BCUT2D eigenvalue weighted by molar-refractivity contribution is 0.0714. The van der Waals surface area contributed by atoms with Gasteiger partial charge < -0.3 is 9.32 Å². The van der Waals surface area contributed by atoms with Crippen molar-refractivity contribution < 1.29 is 9.21 Å². The summed E-state index contributed by atoms with van der Waals surface area (Å²) in [4.78, 5) is 32.6. The van der Waals surface area contributed by atoms with E-state index in [1.54, 1.807) is 47.6 Å². The van der Waals surface area contributed by atoms with Crippen LogP contribution in [0.25, 0.3) is 11.0 Å². The highest BCUT2D eigenvalue weighted by molar-refractivity contribution is 9.10. The van der Waals surface area contributed by atoms with E-state index in [-0.39, 0.29) is 23.6 Å². The van der Waals surface area contributed by atoms with Gasteiger partial charge in [-0.05, 0) is 47.5 Å². The van der Waals surface area contributed by atoms with Crippen LogP contribution in [0.5, 0.6) is 0 Å². The summed E-state index contributed by atoms with van der Waals surface area (Å²) in [5, 5.41) is 0.953. The largest absolute Gasteiger partial charge is 0.450 e. The Labute approximate surface area is 185 Å². The minimum absolute atomic E-state index is 0.0729. The van der Waals surface area contributed by atoms with Crippen molar-refractivity contribution in [2.75, 3.05) is 0 Å². The molecule has 5 nitrogen and oxygen atoms in total. The molecule has 3 heterocycles. The number of amides is 1. The molecule has 0 saturated heterocycles. The van der Waals surface area contributed by atoms with Crippen molar-refractivity contribution in [3.05, 3.63) is 109 Å². The number of halogens is 2. The molecule has 0 N–H and O–H groups in total. The first kappa shape index (κ1) is 19.0. The van der Waals surface area contributed by atoms with Crippen LogP contribution in [0.2, 0.25) is 5.02 Å². The van der Waals surface area contributed by atoms with Gasteiger partial charge in [0.25, 0.3) is 5.91 Å². The standard InChI is InChI=1S/C23H14BrClN2O3/c24-15-6-7-18-17(10-15)21(28)19-20(14-4-1-5-16(25)9-14)27(23(29)22(19)30-18)12-13-3-2-8-26-11-13/h1-11,20H,12H2. The average Bonchev–Trinajstić information content (AvgIpc) is 3.02. The van der Waals surface area contributed by atoms with Gasteiger partial charge in [-0.1, -0.05) is 45.7 Å². The van der Waals surface area contributed by atoms with Gasteiger partial charge in [-0.3, -0.25) is 14.6 Å². The molecule has 0 spiro atoms. The molecule has 0 bridgehead atoms. The molecule has 0 saturated carbocycles. The highest BCUT2D eigenvalue weighted by Crippen LogP contribution is 2.39. The van der Waals surface area contributed by atoms with Gasteiger partial charge in [0, 0.05) is 28.4 Å². The average molecular weight is 482 g/mol. The maximum Gasteiger partial charge on any atom is 0.291 e. The van der Waals surface area contributed by atoms with Crippen LogP contribution in [0.15, 0.2) is 80.7 Å².